The predicted octanol–water partition coefficient (Wildman–Crippen LogP) is 3.91. The van der Waals surface area contributed by atoms with Gasteiger partial charge in [-0.3, -0.25) is 0 Å². The van der Waals surface area contributed by atoms with Crippen LogP contribution in [0.25, 0.3) is 0 Å². The van der Waals surface area contributed by atoms with Gasteiger partial charge in [-0.2, -0.15) is 0 Å². The summed E-state index contributed by atoms with van der Waals surface area (Å²) in [6.45, 7) is 16.5. The fourth-order valence-corrected chi connectivity index (χ4v) is 1.87. The van der Waals surface area contributed by atoms with E-state index in [1.165, 1.54) is 64.8 Å². The molecule has 1 fully saturated rings. The number of nitrogens with zero attached hydrogens (tertiary/aromatic N) is 1. The Bertz CT molecular complexity index is 109. The number of nitrogens with one attached hydrogen (secondary N) is 1. The summed E-state index contributed by atoms with van der Waals surface area (Å²) in [5.74, 6) is 0. The Balaban J connectivity index is 0. The Kier molecular flexibility index (Phi) is 20.7. The second-order valence-electron chi connectivity index (χ2n) is 4.01. The summed E-state index contributed by atoms with van der Waals surface area (Å²) in [6, 6.07) is 0. The van der Waals surface area contributed by atoms with Crippen LogP contribution in [0.1, 0.15) is 66.7 Å². The third-order valence-electron chi connectivity index (χ3n) is 2.79. The van der Waals surface area contributed by atoms with Crippen LogP contribution in [-0.2, 0) is 0 Å². The monoisotopic (exact) mass is 244 g/mol. The normalized spacial score (nSPS) is 15.4. The highest BCUT2D eigenvalue weighted by Gasteiger charge is 2.07. The lowest BCUT2D eigenvalue weighted by molar-refractivity contribution is 0.236. The first-order valence-corrected chi connectivity index (χ1v) is 7.86. The van der Waals surface area contributed by atoms with E-state index in [4.69, 9.17) is 0 Å². The largest absolute Gasteiger partial charge is 0.314 e. The lowest BCUT2D eigenvalue weighted by Crippen LogP contribution is -2.43. The van der Waals surface area contributed by atoms with E-state index in [9.17, 15) is 0 Å². The first-order chi connectivity index (χ1) is 8.43. The number of unbranched alkanes of at least 4 members (excludes halogenated alkanes) is 4. The van der Waals surface area contributed by atoms with Gasteiger partial charge in [0.05, 0.1) is 0 Å². The van der Waals surface area contributed by atoms with Crippen LogP contribution in [0.3, 0.4) is 0 Å². The molecule has 0 aromatic carbocycles. The van der Waals surface area contributed by atoms with E-state index in [0.717, 1.165) is 0 Å². The maximum absolute atomic E-state index is 3.38. The zero-order chi connectivity index (χ0) is 13.4. The van der Waals surface area contributed by atoms with Gasteiger partial charge < -0.3 is 10.2 Å². The molecular formula is C15H36N2. The molecule has 1 saturated heterocycles. The molecule has 0 aromatic heterocycles. The minimum absolute atomic E-state index is 1.19. The molecule has 1 aliphatic heterocycles. The van der Waals surface area contributed by atoms with Crippen molar-refractivity contribution in [2.75, 3.05) is 32.7 Å². The van der Waals surface area contributed by atoms with Crippen LogP contribution in [-0.4, -0.2) is 37.6 Å². The van der Waals surface area contributed by atoms with Gasteiger partial charge in [-0.15, -0.1) is 0 Å². The Morgan fingerprint density at radius 1 is 0.824 bits per heavy atom. The lowest BCUT2D eigenvalue weighted by Gasteiger charge is -2.26. The van der Waals surface area contributed by atoms with Crippen molar-refractivity contribution in [1.29, 1.82) is 0 Å². The van der Waals surface area contributed by atoms with Crippen LogP contribution in [0, 0.1) is 0 Å². The predicted molar refractivity (Wildman–Crippen MR) is 80.8 cm³/mol. The minimum Gasteiger partial charge on any atom is -0.314 e. The van der Waals surface area contributed by atoms with Crippen molar-refractivity contribution < 1.29 is 0 Å². The van der Waals surface area contributed by atoms with Crippen molar-refractivity contribution in [2.24, 2.45) is 0 Å². The SMILES string of the molecule is CC.CC.CCCCCCCN1CCNCC1. The molecule has 0 radical (unpaired) electrons. The molecule has 1 rings (SSSR count). The van der Waals surface area contributed by atoms with Gasteiger partial charge >= 0.3 is 0 Å². The molecule has 2 nitrogen and oxygen atoms in total. The van der Waals surface area contributed by atoms with E-state index in [-0.39, 0.29) is 0 Å². The summed E-state index contributed by atoms with van der Waals surface area (Å²) >= 11 is 0. The number of hydrogen-bond acceptors (Lipinski definition) is 2. The zero-order valence-electron chi connectivity index (χ0n) is 13.0. The molecular weight excluding hydrogens is 208 g/mol. The fraction of sp³-hybridized carbons (Fsp3) is 1.00. The second-order valence-corrected chi connectivity index (χ2v) is 4.01. The summed E-state index contributed by atoms with van der Waals surface area (Å²) in [6.07, 6.45) is 7.04. The number of rotatable bonds is 6. The molecule has 0 spiro atoms. The maximum atomic E-state index is 3.38. The molecule has 1 N–H and O–H groups in total. The van der Waals surface area contributed by atoms with Crippen molar-refractivity contribution in [3.8, 4) is 0 Å². The summed E-state index contributed by atoms with van der Waals surface area (Å²) in [5.41, 5.74) is 0. The van der Waals surface area contributed by atoms with Crippen molar-refractivity contribution in [2.45, 2.75) is 66.7 Å². The lowest BCUT2D eigenvalue weighted by atomic mass is 10.1. The highest BCUT2D eigenvalue weighted by Crippen LogP contribution is 2.04. The summed E-state index contributed by atoms with van der Waals surface area (Å²) in [7, 11) is 0. The van der Waals surface area contributed by atoms with Gasteiger partial charge in [0.2, 0.25) is 0 Å². The quantitative estimate of drug-likeness (QED) is 0.713. The summed E-state index contributed by atoms with van der Waals surface area (Å²) in [4.78, 5) is 2.59. The average molecular weight is 244 g/mol. The van der Waals surface area contributed by atoms with Crippen LogP contribution in [0.5, 0.6) is 0 Å². The van der Waals surface area contributed by atoms with Crippen LogP contribution in [0.4, 0.5) is 0 Å². The minimum atomic E-state index is 1.19. The van der Waals surface area contributed by atoms with E-state index >= 15 is 0 Å². The van der Waals surface area contributed by atoms with Crippen molar-refractivity contribution in [1.82, 2.24) is 10.2 Å². The maximum Gasteiger partial charge on any atom is 0.0107 e. The van der Waals surface area contributed by atoms with Crippen LogP contribution in [0.2, 0.25) is 0 Å². The first kappa shape index (κ1) is 19.3. The highest BCUT2D eigenvalue weighted by molar-refractivity contribution is 4.66. The van der Waals surface area contributed by atoms with Gasteiger partial charge in [0, 0.05) is 26.2 Å². The van der Waals surface area contributed by atoms with Gasteiger partial charge in [0.15, 0.2) is 0 Å². The Morgan fingerprint density at radius 2 is 1.35 bits per heavy atom. The molecule has 0 aromatic rings. The average Bonchev–Trinajstić information content (AvgIpc) is 2.44. The van der Waals surface area contributed by atoms with E-state index in [0.29, 0.717) is 0 Å². The molecule has 2 heteroatoms. The fourth-order valence-electron chi connectivity index (χ4n) is 1.87. The molecule has 1 aliphatic rings. The standard InChI is InChI=1S/C11H24N2.2C2H6/c1-2-3-4-5-6-9-13-10-7-12-8-11-13;2*1-2/h12H,2-11H2,1H3;2*1-2H3. The van der Waals surface area contributed by atoms with Crippen molar-refractivity contribution in [3.05, 3.63) is 0 Å². The van der Waals surface area contributed by atoms with Crippen LogP contribution < -0.4 is 5.32 Å². The Morgan fingerprint density at radius 3 is 1.88 bits per heavy atom. The smallest absolute Gasteiger partial charge is 0.0107 e. The molecule has 0 aliphatic carbocycles. The number of piperazine rings is 1. The van der Waals surface area contributed by atoms with Crippen molar-refractivity contribution in [3.63, 3.8) is 0 Å². The van der Waals surface area contributed by atoms with E-state index in [2.05, 4.69) is 17.1 Å². The molecule has 0 atom stereocenters. The molecule has 0 amide bonds. The molecule has 106 valence electrons. The van der Waals surface area contributed by atoms with Gasteiger partial charge in [-0.25, -0.2) is 0 Å². The van der Waals surface area contributed by atoms with E-state index in [1.807, 2.05) is 27.7 Å². The summed E-state index contributed by atoms with van der Waals surface area (Å²) < 4.78 is 0. The van der Waals surface area contributed by atoms with Gasteiger partial charge in [0.25, 0.3) is 0 Å². The van der Waals surface area contributed by atoms with Gasteiger partial charge in [-0.1, -0.05) is 60.3 Å². The second kappa shape index (κ2) is 18.3. The molecule has 17 heavy (non-hydrogen) atoms. The van der Waals surface area contributed by atoms with Gasteiger partial charge in [-0.05, 0) is 13.0 Å². The summed E-state index contributed by atoms with van der Waals surface area (Å²) in [5, 5.41) is 3.38. The third-order valence-corrected chi connectivity index (χ3v) is 2.79. The molecule has 1 heterocycles. The Hall–Kier alpha value is -0.0800. The Labute approximate surface area is 110 Å². The van der Waals surface area contributed by atoms with Crippen LogP contribution >= 0.6 is 0 Å². The first-order valence-electron chi connectivity index (χ1n) is 7.86. The molecule has 0 saturated carbocycles. The number of hydrogen-bond donors (Lipinski definition) is 1. The topological polar surface area (TPSA) is 15.3 Å². The highest BCUT2D eigenvalue weighted by atomic mass is 15.2. The van der Waals surface area contributed by atoms with Crippen molar-refractivity contribution >= 4 is 0 Å². The van der Waals surface area contributed by atoms with E-state index < -0.39 is 0 Å². The van der Waals surface area contributed by atoms with Gasteiger partial charge in [0.1, 0.15) is 0 Å². The zero-order valence-corrected chi connectivity index (χ0v) is 13.0. The van der Waals surface area contributed by atoms with E-state index in [1.54, 1.807) is 0 Å². The molecule has 0 unspecified atom stereocenters. The molecule has 0 bridgehead atoms. The third kappa shape index (κ3) is 13.9. The van der Waals surface area contributed by atoms with Crippen LogP contribution in [0.15, 0.2) is 0 Å².